The molecule has 2 rings (SSSR count). The quantitative estimate of drug-likeness (QED) is 0.871. The Hall–Kier alpha value is -1.72. The van der Waals surface area contributed by atoms with Crippen molar-refractivity contribution < 1.29 is 4.74 Å². The average molecular weight is 328 g/mol. The summed E-state index contributed by atoms with van der Waals surface area (Å²) in [5.41, 5.74) is 5.76. The number of ether oxygens (including phenoxy) is 1. The van der Waals surface area contributed by atoms with Gasteiger partial charge in [-0.25, -0.2) is 4.98 Å². The fraction of sp³-hybridized carbons (Fsp3) is 0.286. The van der Waals surface area contributed by atoms with Crippen LogP contribution < -0.4 is 16.0 Å². The number of halogens is 2. The van der Waals surface area contributed by atoms with Crippen LogP contribution in [0.4, 0.5) is 5.69 Å². The molecule has 5 nitrogen and oxygen atoms in total. The number of aromatic nitrogens is 2. The molecule has 2 aromatic rings. The van der Waals surface area contributed by atoms with Gasteiger partial charge in [-0.15, -0.1) is 0 Å². The van der Waals surface area contributed by atoms with E-state index in [0.717, 1.165) is 0 Å². The lowest BCUT2D eigenvalue weighted by Gasteiger charge is -2.11. The molecule has 0 amide bonds. The Bertz CT molecular complexity index is 714. The van der Waals surface area contributed by atoms with Crippen LogP contribution in [0.25, 0.3) is 0 Å². The first-order valence-electron chi connectivity index (χ1n) is 6.36. The zero-order valence-electron chi connectivity index (χ0n) is 11.6. The topological polar surface area (TPSA) is 70.1 Å². The number of hydrogen-bond acceptors (Lipinski definition) is 4. The van der Waals surface area contributed by atoms with Gasteiger partial charge < -0.3 is 15.0 Å². The summed E-state index contributed by atoms with van der Waals surface area (Å²) in [6.45, 7) is 4.61. The molecule has 1 aromatic heterocycles. The molecule has 0 atom stereocenters. The third kappa shape index (κ3) is 3.68. The van der Waals surface area contributed by atoms with Crippen LogP contribution in [0.2, 0.25) is 10.0 Å². The van der Waals surface area contributed by atoms with E-state index in [2.05, 4.69) is 4.98 Å². The van der Waals surface area contributed by atoms with E-state index in [9.17, 15) is 4.79 Å². The van der Waals surface area contributed by atoms with Crippen LogP contribution in [0.5, 0.6) is 11.6 Å². The first-order chi connectivity index (χ1) is 9.88. The Morgan fingerprint density at radius 2 is 2.00 bits per heavy atom. The highest BCUT2D eigenvalue weighted by Gasteiger charge is 2.12. The number of nitrogens with zero attached hydrogens (tertiary/aromatic N) is 2. The number of nitrogen functional groups attached to an aromatic ring is 1. The summed E-state index contributed by atoms with van der Waals surface area (Å²) in [6.07, 6.45) is 3.13. The van der Waals surface area contributed by atoms with Gasteiger partial charge in [-0.3, -0.25) is 4.79 Å². The lowest BCUT2D eigenvalue weighted by molar-refractivity contribution is 0.434. The average Bonchev–Trinajstić information content (AvgIpc) is 2.40. The van der Waals surface area contributed by atoms with Crippen LogP contribution in [0.3, 0.4) is 0 Å². The van der Waals surface area contributed by atoms with E-state index in [4.69, 9.17) is 33.7 Å². The van der Waals surface area contributed by atoms with Crippen molar-refractivity contribution in [2.75, 3.05) is 5.73 Å². The molecule has 7 heteroatoms. The maximum Gasteiger partial charge on any atom is 0.313 e. The largest absolute Gasteiger partial charge is 0.432 e. The van der Waals surface area contributed by atoms with Crippen molar-refractivity contribution >= 4 is 28.9 Å². The van der Waals surface area contributed by atoms with Gasteiger partial charge in [0.15, 0.2) is 5.75 Å². The Balaban J connectivity index is 2.36. The Morgan fingerprint density at radius 1 is 1.33 bits per heavy atom. The second-order valence-electron chi connectivity index (χ2n) is 4.99. The number of nitrogens with two attached hydrogens (primary N) is 1. The maximum absolute atomic E-state index is 12.2. The van der Waals surface area contributed by atoms with Crippen LogP contribution >= 0.6 is 23.2 Å². The molecule has 0 aliphatic heterocycles. The summed E-state index contributed by atoms with van der Waals surface area (Å²) in [4.78, 5) is 16.2. The third-order valence-corrected chi connectivity index (χ3v) is 3.43. The predicted octanol–water partition coefficient (Wildman–Crippen LogP) is 3.58. The van der Waals surface area contributed by atoms with Crippen molar-refractivity contribution in [2.45, 2.75) is 20.4 Å². The molecule has 0 bridgehead atoms. The van der Waals surface area contributed by atoms with Crippen LogP contribution in [0, 0.1) is 5.92 Å². The SMILES string of the molecule is CC(C)Cn1ccnc(Oc2cc(Cl)c(Cl)cc2N)c1=O. The van der Waals surface area contributed by atoms with Crippen LogP contribution in [0.1, 0.15) is 13.8 Å². The molecule has 0 spiro atoms. The summed E-state index contributed by atoms with van der Waals surface area (Å²) >= 11 is 11.8. The highest BCUT2D eigenvalue weighted by Crippen LogP contribution is 2.33. The first kappa shape index (κ1) is 15.7. The standard InChI is InChI=1S/C14H15Cl2N3O2/c1-8(2)7-19-4-3-18-13(14(19)20)21-12-6-10(16)9(15)5-11(12)17/h3-6,8H,7,17H2,1-2H3. The van der Waals surface area contributed by atoms with Gasteiger partial charge in [0.2, 0.25) is 0 Å². The lowest BCUT2D eigenvalue weighted by Crippen LogP contribution is -2.23. The molecular weight excluding hydrogens is 313 g/mol. The molecule has 0 saturated heterocycles. The molecular formula is C14H15Cl2N3O2. The number of rotatable bonds is 4. The zero-order chi connectivity index (χ0) is 15.6. The molecule has 21 heavy (non-hydrogen) atoms. The Morgan fingerprint density at radius 3 is 2.67 bits per heavy atom. The molecule has 1 aromatic carbocycles. The van der Waals surface area contributed by atoms with Gasteiger partial charge in [0.1, 0.15) is 0 Å². The van der Waals surface area contributed by atoms with Gasteiger partial charge in [-0.2, -0.15) is 0 Å². The van der Waals surface area contributed by atoms with E-state index < -0.39 is 0 Å². The zero-order valence-corrected chi connectivity index (χ0v) is 13.1. The number of anilines is 1. The van der Waals surface area contributed by atoms with Crippen LogP contribution in [0.15, 0.2) is 29.3 Å². The fourth-order valence-electron chi connectivity index (χ4n) is 1.77. The minimum Gasteiger partial charge on any atom is -0.432 e. The molecule has 112 valence electrons. The molecule has 0 radical (unpaired) electrons. The van der Waals surface area contributed by atoms with E-state index >= 15 is 0 Å². The fourth-order valence-corrected chi connectivity index (χ4v) is 2.10. The van der Waals surface area contributed by atoms with Crippen molar-refractivity contribution in [1.29, 1.82) is 0 Å². The van der Waals surface area contributed by atoms with Gasteiger partial charge in [-0.05, 0) is 12.0 Å². The maximum atomic E-state index is 12.2. The molecule has 0 aliphatic rings. The van der Waals surface area contributed by atoms with Gasteiger partial charge >= 0.3 is 5.56 Å². The normalized spacial score (nSPS) is 10.9. The van der Waals surface area contributed by atoms with Gasteiger partial charge in [0.25, 0.3) is 5.88 Å². The summed E-state index contributed by atoms with van der Waals surface area (Å²) in [5.74, 6) is 0.521. The van der Waals surface area contributed by atoms with E-state index in [-0.39, 0.29) is 22.9 Å². The highest BCUT2D eigenvalue weighted by atomic mass is 35.5. The van der Waals surface area contributed by atoms with Crippen molar-refractivity contribution in [1.82, 2.24) is 9.55 Å². The molecule has 0 aliphatic carbocycles. The molecule has 1 heterocycles. The Labute approximate surface area is 132 Å². The van der Waals surface area contributed by atoms with Gasteiger partial charge in [0, 0.05) is 25.0 Å². The summed E-state index contributed by atoms with van der Waals surface area (Å²) in [5, 5.41) is 0.610. The van der Waals surface area contributed by atoms with Crippen LogP contribution in [-0.2, 0) is 6.54 Å². The minimum absolute atomic E-state index is 0.0526. The van der Waals surface area contributed by atoms with Gasteiger partial charge in [0.05, 0.1) is 15.7 Å². The number of hydrogen-bond donors (Lipinski definition) is 1. The van der Waals surface area contributed by atoms with E-state index in [1.54, 1.807) is 10.8 Å². The van der Waals surface area contributed by atoms with Crippen molar-refractivity contribution in [3.05, 3.63) is 44.9 Å². The molecule has 0 unspecified atom stereocenters. The smallest absolute Gasteiger partial charge is 0.313 e. The third-order valence-electron chi connectivity index (χ3n) is 2.70. The molecule has 0 fully saturated rings. The van der Waals surface area contributed by atoms with E-state index in [1.807, 2.05) is 13.8 Å². The van der Waals surface area contributed by atoms with Gasteiger partial charge in [-0.1, -0.05) is 37.0 Å². The first-order valence-corrected chi connectivity index (χ1v) is 7.12. The molecule has 0 saturated carbocycles. The van der Waals surface area contributed by atoms with E-state index in [1.165, 1.54) is 18.3 Å². The monoisotopic (exact) mass is 327 g/mol. The minimum atomic E-state index is -0.323. The summed E-state index contributed by atoms with van der Waals surface area (Å²) < 4.78 is 7.03. The lowest BCUT2D eigenvalue weighted by atomic mass is 10.2. The molecule has 2 N–H and O–H groups in total. The van der Waals surface area contributed by atoms with Crippen molar-refractivity contribution in [3.63, 3.8) is 0 Å². The van der Waals surface area contributed by atoms with E-state index in [0.29, 0.717) is 22.5 Å². The number of benzene rings is 1. The summed E-state index contributed by atoms with van der Waals surface area (Å²) in [6, 6.07) is 2.93. The Kier molecular flexibility index (Phi) is 4.75. The highest BCUT2D eigenvalue weighted by molar-refractivity contribution is 6.42. The second kappa shape index (κ2) is 6.37. The second-order valence-corrected chi connectivity index (χ2v) is 5.80. The summed E-state index contributed by atoms with van der Waals surface area (Å²) in [7, 11) is 0. The van der Waals surface area contributed by atoms with Crippen molar-refractivity contribution in [2.24, 2.45) is 5.92 Å². The van der Waals surface area contributed by atoms with Crippen LogP contribution in [-0.4, -0.2) is 9.55 Å². The predicted molar refractivity (Wildman–Crippen MR) is 84.3 cm³/mol. The van der Waals surface area contributed by atoms with Crippen molar-refractivity contribution in [3.8, 4) is 11.6 Å².